The number of ether oxygens (including phenoxy) is 3. The van der Waals surface area contributed by atoms with Gasteiger partial charge in [0.2, 0.25) is 0 Å². The number of allylic oxidation sites excluding steroid dienone is 16. The number of esters is 2. The number of carbonyl (C=O) groups is 3. The molecule has 2 unspecified atom stereocenters. The van der Waals surface area contributed by atoms with E-state index in [9.17, 15) is 19.5 Å². The van der Waals surface area contributed by atoms with Gasteiger partial charge in [0.1, 0.15) is 12.6 Å². The van der Waals surface area contributed by atoms with Crippen LogP contribution in [0.15, 0.2) is 97.2 Å². The Hall–Kier alpha value is -3.75. The number of likely N-dealkylation sites (N-methyl/N-ethyl adjacent to an activating group) is 1. The van der Waals surface area contributed by atoms with Gasteiger partial charge in [-0.05, 0) is 89.9 Å². The zero-order valence-corrected chi connectivity index (χ0v) is 42.1. The quantitative estimate of drug-likeness (QED) is 0.0197. The van der Waals surface area contributed by atoms with Crippen LogP contribution in [0.25, 0.3) is 0 Å². The van der Waals surface area contributed by atoms with Crippen LogP contribution in [-0.2, 0) is 28.6 Å². The second kappa shape index (κ2) is 46.8. The molecule has 0 saturated carbocycles. The lowest BCUT2D eigenvalue weighted by Gasteiger charge is -2.34. The maximum Gasteiger partial charge on any atom is 0.306 e. The van der Waals surface area contributed by atoms with Gasteiger partial charge >= 0.3 is 11.9 Å². The highest BCUT2D eigenvalue weighted by Gasteiger charge is 2.25. The molecule has 0 aliphatic carbocycles. The van der Waals surface area contributed by atoms with E-state index >= 15 is 0 Å². The van der Waals surface area contributed by atoms with Crippen LogP contribution in [0.4, 0.5) is 0 Å². The smallest absolute Gasteiger partial charge is 0.306 e. The molecular formula is C57H95NO7. The molecular weight excluding hydrogens is 811 g/mol. The van der Waals surface area contributed by atoms with Crippen molar-refractivity contribution in [2.45, 2.75) is 206 Å². The van der Waals surface area contributed by atoms with Gasteiger partial charge in [-0.15, -0.1) is 0 Å². The molecule has 0 bridgehead atoms. The summed E-state index contributed by atoms with van der Waals surface area (Å²) in [4.78, 5) is 37.0. The number of aliphatic carboxylic acids is 1. The maximum absolute atomic E-state index is 12.8. The van der Waals surface area contributed by atoms with Crippen molar-refractivity contribution in [3.63, 3.8) is 0 Å². The third kappa shape index (κ3) is 45.2. The van der Waals surface area contributed by atoms with Crippen molar-refractivity contribution in [1.82, 2.24) is 0 Å². The Morgan fingerprint density at radius 1 is 0.492 bits per heavy atom. The summed E-state index contributed by atoms with van der Waals surface area (Å²) in [5.41, 5.74) is 0. The number of hydrogen-bond donors (Lipinski definition) is 0. The highest BCUT2D eigenvalue weighted by Crippen LogP contribution is 2.14. The Kier molecular flexibility index (Phi) is 44.1. The zero-order valence-electron chi connectivity index (χ0n) is 42.1. The van der Waals surface area contributed by atoms with E-state index in [1.54, 1.807) is 21.1 Å². The van der Waals surface area contributed by atoms with E-state index in [2.05, 4.69) is 111 Å². The molecule has 0 amide bonds. The lowest BCUT2D eigenvalue weighted by atomic mass is 10.1. The fraction of sp³-hybridized carbons (Fsp3) is 0.667. The number of carbonyl (C=O) groups excluding carboxylic acids is 3. The number of nitrogens with zero attached hydrogens (tertiary/aromatic N) is 1. The van der Waals surface area contributed by atoms with E-state index in [0.29, 0.717) is 12.8 Å². The Balaban J connectivity index is 4.35. The first-order valence-electron chi connectivity index (χ1n) is 25.8. The molecule has 0 aromatic carbocycles. The van der Waals surface area contributed by atoms with Crippen LogP contribution in [0.5, 0.6) is 0 Å². The molecule has 0 fully saturated rings. The largest absolute Gasteiger partial charge is 0.544 e. The molecule has 65 heavy (non-hydrogen) atoms. The minimum Gasteiger partial charge on any atom is -0.544 e. The lowest BCUT2D eigenvalue weighted by molar-refractivity contribution is -0.889. The standard InChI is InChI=1S/C57H95NO7/c1-6-8-10-12-14-16-18-20-22-24-26-28-30-31-33-35-37-39-41-43-45-47-55(59)64-52-53(51-63-50-49-54(57(61)62)58(3,4)5)65-56(60)48-46-44-42-40-38-36-34-32-29-27-25-23-21-19-17-15-13-11-9-7-2/h8,10,14,16-17,19-23,26,28,31,33,37,39,53-54H,6-7,9,11-13,15,18,24-25,27,29-30,32,34-36,38,40-52H2,1-5H3/b10-8+,16-14+,19-17+,22-20+,23-21+,28-26+,33-31+,39-37+. The zero-order chi connectivity index (χ0) is 47.7. The first-order valence-corrected chi connectivity index (χ1v) is 25.8. The molecule has 8 nitrogen and oxygen atoms in total. The molecule has 0 aromatic rings. The SMILES string of the molecule is CC/C=C/C/C=C/C/C=C/C/C=C/C/C=C/C/C=C/CCCCC(=O)OCC(COCCC(C(=O)[O-])[N+](C)(C)C)OC(=O)CCCCCCCCCCCC/C=C/C=C/CCCCCC. The van der Waals surface area contributed by atoms with Crippen molar-refractivity contribution in [2.24, 2.45) is 0 Å². The summed E-state index contributed by atoms with van der Waals surface area (Å²) in [7, 11) is 5.39. The van der Waals surface area contributed by atoms with E-state index in [1.807, 2.05) is 0 Å². The van der Waals surface area contributed by atoms with Crippen molar-refractivity contribution in [1.29, 1.82) is 0 Å². The summed E-state index contributed by atoms with van der Waals surface area (Å²) in [6.45, 7) is 4.48. The van der Waals surface area contributed by atoms with Crippen LogP contribution in [-0.4, -0.2) is 75.5 Å². The van der Waals surface area contributed by atoms with E-state index in [4.69, 9.17) is 14.2 Å². The summed E-state index contributed by atoms with van der Waals surface area (Å²) >= 11 is 0. The van der Waals surface area contributed by atoms with Gasteiger partial charge in [-0.1, -0.05) is 182 Å². The average molecular weight is 906 g/mol. The monoisotopic (exact) mass is 906 g/mol. The summed E-state index contributed by atoms with van der Waals surface area (Å²) in [5.74, 6) is -1.80. The van der Waals surface area contributed by atoms with Crippen LogP contribution in [0.2, 0.25) is 0 Å². The Labute approximate surface area is 398 Å². The topological polar surface area (TPSA) is 102 Å². The highest BCUT2D eigenvalue weighted by molar-refractivity contribution is 5.70. The molecule has 0 aliphatic rings. The van der Waals surface area contributed by atoms with Crippen LogP contribution in [0.1, 0.15) is 194 Å². The fourth-order valence-corrected chi connectivity index (χ4v) is 7.01. The van der Waals surface area contributed by atoms with Crippen molar-refractivity contribution < 1.29 is 38.2 Å². The number of quaternary nitrogens is 1. The molecule has 0 aliphatic heterocycles. The number of unbranched alkanes of at least 4 members (excludes halogenated alkanes) is 16. The highest BCUT2D eigenvalue weighted by atomic mass is 16.6. The van der Waals surface area contributed by atoms with E-state index < -0.39 is 18.1 Å². The third-order valence-corrected chi connectivity index (χ3v) is 11.0. The average Bonchev–Trinajstić information content (AvgIpc) is 3.27. The van der Waals surface area contributed by atoms with Gasteiger partial charge < -0.3 is 28.6 Å². The molecule has 0 spiro atoms. The molecule has 370 valence electrons. The van der Waals surface area contributed by atoms with Gasteiger partial charge in [-0.2, -0.15) is 0 Å². The van der Waals surface area contributed by atoms with Crippen molar-refractivity contribution >= 4 is 17.9 Å². The molecule has 0 rings (SSSR count). The summed E-state index contributed by atoms with van der Waals surface area (Å²) in [6.07, 6.45) is 62.9. The van der Waals surface area contributed by atoms with Crippen LogP contribution >= 0.6 is 0 Å². The van der Waals surface area contributed by atoms with Crippen molar-refractivity contribution in [2.75, 3.05) is 41.0 Å². The number of rotatable bonds is 45. The van der Waals surface area contributed by atoms with Crippen molar-refractivity contribution in [3.05, 3.63) is 97.2 Å². The molecule has 0 heterocycles. The second-order valence-electron chi connectivity index (χ2n) is 18.1. The third-order valence-electron chi connectivity index (χ3n) is 11.0. The summed E-state index contributed by atoms with van der Waals surface area (Å²) in [5, 5.41) is 11.7. The van der Waals surface area contributed by atoms with Gasteiger partial charge in [0, 0.05) is 19.3 Å². The Bertz CT molecular complexity index is 1380. The predicted molar refractivity (Wildman–Crippen MR) is 272 cm³/mol. The minimum atomic E-state index is -1.13. The van der Waals surface area contributed by atoms with E-state index in [1.165, 1.54) is 77.0 Å². The number of carboxylic acid groups (broad SMARTS) is 1. The number of carboxylic acids is 1. The van der Waals surface area contributed by atoms with Crippen LogP contribution < -0.4 is 5.11 Å². The predicted octanol–water partition coefficient (Wildman–Crippen LogP) is 13.7. The van der Waals surface area contributed by atoms with Crippen LogP contribution in [0.3, 0.4) is 0 Å². The first kappa shape index (κ1) is 61.2. The molecule has 0 radical (unpaired) electrons. The second-order valence-corrected chi connectivity index (χ2v) is 18.1. The van der Waals surface area contributed by atoms with Gasteiger partial charge in [0.25, 0.3) is 0 Å². The van der Waals surface area contributed by atoms with E-state index in [0.717, 1.165) is 77.0 Å². The minimum absolute atomic E-state index is 0.0198. The molecule has 0 aromatic heterocycles. The summed E-state index contributed by atoms with van der Waals surface area (Å²) < 4.78 is 17.2. The van der Waals surface area contributed by atoms with Crippen molar-refractivity contribution in [3.8, 4) is 0 Å². The lowest BCUT2D eigenvalue weighted by Crippen LogP contribution is -2.55. The fourth-order valence-electron chi connectivity index (χ4n) is 7.01. The number of hydrogen-bond acceptors (Lipinski definition) is 7. The molecule has 0 saturated heterocycles. The molecule has 8 heteroatoms. The van der Waals surface area contributed by atoms with Gasteiger partial charge in [-0.25, -0.2) is 0 Å². The van der Waals surface area contributed by atoms with E-state index in [-0.39, 0.29) is 49.1 Å². The normalized spacial score (nSPS) is 13.7. The first-order chi connectivity index (χ1) is 31.6. The van der Waals surface area contributed by atoms with Gasteiger partial charge in [-0.3, -0.25) is 9.59 Å². The summed E-state index contributed by atoms with van der Waals surface area (Å²) in [6, 6.07) is -0.739. The molecule has 2 atom stereocenters. The van der Waals surface area contributed by atoms with Crippen LogP contribution in [0, 0.1) is 0 Å². The Morgan fingerprint density at radius 3 is 1.40 bits per heavy atom. The van der Waals surface area contributed by atoms with Gasteiger partial charge in [0.05, 0.1) is 40.3 Å². The van der Waals surface area contributed by atoms with Gasteiger partial charge in [0.15, 0.2) is 6.10 Å². The Morgan fingerprint density at radius 2 is 0.908 bits per heavy atom. The molecule has 0 N–H and O–H groups in total. The maximum atomic E-state index is 12.8.